The number of sulfonamides is 1. The van der Waals surface area contributed by atoms with Crippen molar-refractivity contribution in [2.45, 2.75) is 18.7 Å². The van der Waals surface area contributed by atoms with Crippen LogP contribution in [0.2, 0.25) is 0 Å². The third-order valence-electron chi connectivity index (χ3n) is 2.45. The SMILES string of the molecule is COCC(C)CNC(=O)c1n[nH]c(C)c1S(N)(=O)=O. The van der Waals surface area contributed by atoms with Gasteiger partial charge in [0.2, 0.25) is 10.0 Å². The molecule has 19 heavy (non-hydrogen) atoms. The molecule has 1 aromatic rings. The van der Waals surface area contributed by atoms with Crippen molar-refractivity contribution in [2.24, 2.45) is 11.1 Å². The van der Waals surface area contributed by atoms with Gasteiger partial charge in [-0.05, 0) is 12.8 Å². The predicted octanol–water partition coefficient (Wildman–Crippen LogP) is -0.622. The molecule has 1 amide bonds. The van der Waals surface area contributed by atoms with E-state index >= 15 is 0 Å². The molecule has 1 unspecified atom stereocenters. The van der Waals surface area contributed by atoms with Crippen molar-refractivity contribution < 1.29 is 17.9 Å². The zero-order valence-corrected chi connectivity index (χ0v) is 11.9. The van der Waals surface area contributed by atoms with Gasteiger partial charge in [-0.25, -0.2) is 13.6 Å². The molecule has 108 valence electrons. The number of aryl methyl sites for hydroxylation is 1. The highest BCUT2D eigenvalue weighted by molar-refractivity contribution is 7.89. The van der Waals surface area contributed by atoms with E-state index in [0.717, 1.165) is 0 Å². The van der Waals surface area contributed by atoms with Gasteiger partial charge in [-0.1, -0.05) is 6.92 Å². The molecule has 0 radical (unpaired) electrons. The van der Waals surface area contributed by atoms with Gasteiger partial charge in [0, 0.05) is 13.7 Å². The topological polar surface area (TPSA) is 127 Å². The maximum Gasteiger partial charge on any atom is 0.273 e. The molecule has 0 bridgehead atoms. The van der Waals surface area contributed by atoms with E-state index in [4.69, 9.17) is 9.88 Å². The Morgan fingerprint density at radius 2 is 2.21 bits per heavy atom. The summed E-state index contributed by atoms with van der Waals surface area (Å²) in [6.07, 6.45) is 0. The van der Waals surface area contributed by atoms with E-state index in [2.05, 4.69) is 15.5 Å². The molecule has 0 saturated heterocycles. The number of amides is 1. The lowest BCUT2D eigenvalue weighted by Crippen LogP contribution is -2.31. The Kier molecular flexibility index (Phi) is 5.04. The molecule has 1 heterocycles. The van der Waals surface area contributed by atoms with Crippen LogP contribution in [0.4, 0.5) is 0 Å². The first-order valence-corrected chi connectivity index (χ1v) is 7.17. The Labute approximate surface area is 111 Å². The van der Waals surface area contributed by atoms with Crippen molar-refractivity contribution in [2.75, 3.05) is 20.3 Å². The zero-order valence-electron chi connectivity index (χ0n) is 11.1. The first-order valence-electron chi connectivity index (χ1n) is 5.62. The van der Waals surface area contributed by atoms with Gasteiger partial charge in [-0.15, -0.1) is 0 Å². The second-order valence-corrected chi connectivity index (χ2v) is 5.84. The third-order valence-corrected chi connectivity index (χ3v) is 3.52. The molecule has 9 heteroatoms. The fourth-order valence-corrected chi connectivity index (χ4v) is 2.50. The van der Waals surface area contributed by atoms with Crippen LogP contribution in [0.3, 0.4) is 0 Å². The van der Waals surface area contributed by atoms with Gasteiger partial charge in [0.25, 0.3) is 5.91 Å². The van der Waals surface area contributed by atoms with Gasteiger partial charge in [0.05, 0.1) is 12.3 Å². The number of H-pyrrole nitrogens is 1. The van der Waals surface area contributed by atoms with Gasteiger partial charge in [0.1, 0.15) is 4.90 Å². The minimum atomic E-state index is -3.99. The average Bonchev–Trinajstić information content (AvgIpc) is 2.68. The lowest BCUT2D eigenvalue weighted by molar-refractivity contribution is 0.0926. The van der Waals surface area contributed by atoms with Gasteiger partial charge in [0.15, 0.2) is 5.69 Å². The predicted molar refractivity (Wildman–Crippen MR) is 68.1 cm³/mol. The molecule has 0 aromatic carbocycles. The fourth-order valence-electron chi connectivity index (χ4n) is 1.62. The van der Waals surface area contributed by atoms with Crippen molar-refractivity contribution in [1.82, 2.24) is 15.5 Å². The Morgan fingerprint density at radius 3 is 2.74 bits per heavy atom. The highest BCUT2D eigenvalue weighted by atomic mass is 32.2. The van der Waals surface area contributed by atoms with E-state index in [9.17, 15) is 13.2 Å². The van der Waals surface area contributed by atoms with Crippen LogP contribution in [0, 0.1) is 12.8 Å². The minimum absolute atomic E-state index is 0.104. The molecule has 8 nitrogen and oxygen atoms in total. The standard InChI is InChI=1S/C10H18N4O4S/c1-6(5-18-3)4-12-10(15)8-9(19(11,16)17)7(2)13-14-8/h6H,4-5H2,1-3H3,(H,12,15)(H,13,14)(H2,11,16,17). The second-order valence-electron chi connectivity index (χ2n) is 4.34. The van der Waals surface area contributed by atoms with E-state index < -0.39 is 15.9 Å². The smallest absolute Gasteiger partial charge is 0.273 e. The number of carbonyl (C=O) groups is 1. The van der Waals surface area contributed by atoms with Crippen LogP contribution >= 0.6 is 0 Å². The number of nitrogens with zero attached hydrogens (tertiary/aromatic N) is 1. The van der Waals surface area contributed by atoms with Crippen molar-refractivity contribution in [3.63, 3.8) is 0 Å². The number of aromatic nitrogens is 2. The van der Waals surface area contributed by atoms with E-state index in [1.54, 1.807) is 7.11 Å². The highest BCUT2D eigenvalue weighted by Gasteiger charge is 2.25. The normalized spacial score (nSPS) is 13.3. The molecule has 0 saturated carbocycles. The molecular formula is C10H18N4O4S. The first-order chi connectivity index (χ1) is 8.77. The molecule has 1 rings (SSSR count). The van der Waals surface area contributed by atoms with Crippen molar-refractivity contribution in [3.05, 3.63) is 11.4 Å². The maximum atomic E-state index is 11.9. The molecule has 1 atom stereocenters. The number of primary sulfonamides is 1. The number of nitrogens with two attached hydrogens (primary N) is 1. The number of aromatic amines is 1. The van der Waals surface area contributed by atoms with Gasteiger partial charge in [-0.3, -0.25) is 9.89 Å². The van der Waals surface area contributed by atoms with Crippen molar-refractivity contribution in [3.8, 4) is 0 Å². The third kappa shape index (κ3) is 4.01. The van der Waals surface area contributed by atoms with Crippen LogP contribution < -0.4 is 10.5 Å². The van der Waals surface area contributed by atoms with Gasteiger partial charge in [-0.2, -0.15) is 5.10 Å². The summed E-state index contributed by atoms with van der Waals surface area (Å²) in [5.41, 5.74) is 0.0159. The Bertz CT molecular complexity index is 552. The Balaban J connectivity index is 2.84. The van der Waals surface area contributed by atoms with E-state index in [1.165, 1.54) is 6.92 Å². The molecule has 1 aromatic heterocycles. The molecule has 4 N–H and O–H groups in total. The number of hydrogen-bond donors (Lipinski definition) is 3. The highest BCUT2D eigenvalue weighted by Crippen LogP contribution is 2.15. The van der Waals surface area contributed by atoms with Crippen molar-refractivity contribution in [1.29, 1.82) is 0 Å². The number of hydrogen-bond acceptors (Lipinski definition) is 5. The largest absolute Gasteiger partial charge is 0.384 e. The zero-order chi connectivity index (χ0) is 14.6. The van der Waals surface area contributed by atoms with Crippen LogP contribution in [0.15, 0.2) is 4.90 Å². The van der Waals surface area contributed by atoms with Crippen LogP contribution in [0.5, 0.6) is 0 Å². The maximum absolute atomic E-state index is 11.9. The van der Waals surface area contributed by atoms with E-state index in [0.29, 0.717) is 13.2 Å². The van der Waals surface area contributed by atoms with E-state index in [1.807, 2.05) is 6.92 Å². The number of nitrogens with one attached hydrogen (secondary N) is 2. The summed E-state index contributed by atoms with van der Waals surface area (Å²) in [5.74, 6) is -0.483. The summed E-state index contributed by atoms with van der Waals surface area (Å²) in [6, 6.07) is 0. The number of methoxy groups -OCH3 is 1. The Morgan fingerprint density at radius 1 is 1.58 bits per heavy atom. The lowest BCUT2D eigenvalue weighted by Gasteiger charge is -2.10. The summed E-state index contributed by atoms with van der Waals surface area (Å²) in [5, 5.41) is 13.8. The monoisotopic (exact) mass is 290 g/mol. The quantitative estimate of drug-likeness (QED) is 0.643. The lowest BCUT2D eigenvalue weighted by atomic mass is 10.2. The molecule has 0 aliphatic carbocycles. The summed E-state index contributed by atoms with van der Waals surface area (Å²) < 4.78 is 27.7. The Hall–Kier alpha value is -1.45. The number of rotatable bonds is 6. The molecule has 0 aliphatic rings. The van der Waals surface area contributed by atoms with Gasteiger partial charge >= 0.3 is 0 Å². The molecule has 0 fully saturated rings. The summed E-state index contributed by atoms with van der Waals surface area (Å²) in [6.45, 7) is 4.21. The van der Waals surface area contributed by atoms with E-state index in [-0.39, 0.29) is 22.2 Å². The van der Waals surface area contributed by atoms with Crippen LogP contribution in [-0.2, 0) is 14.8 Å². The fraction of sp³-hybridized carbons (Fsp3) is 0.600. The van der Waals surface area contributed by atoms with Crippen molar-refractivity contribution >= 4 is 15.9 Å². The van der Waals surface area contributed by atoms with Gasteiger partial charge < -0.3 is 10.1 Å². The average molecular weight is 290 g/mol. The summed E-state index contributed by atoms with van der Waals surface area (Å²) >= 11 is 0. The molecular weight excluding hydrogens is 272 g/mol. The van der Waals surface area contributed by atoms with Crippen LogP contribution in [0.25, 0.3) is 0 Å². The molecule has 0 spiro atoms. The molecule has 0 aliphatic heterocycles. The van der Waals surface area contributed by atoms with Crippen LogP contribution in [-0.4, -0.2) is 44.8 Å². The minimum Gasteiger partial charge on any atom is -0.384 e. The first kappa shape index (κ1) is 15.6. The van der Waals surface area contributed by atoms with Crippen LogP contribution in [0.1, 0.15) is 23.1 Å². The summed E-state index contributed by atoms with van der Waals surface area (Å²) in [4.78, 5) is 11.6. The summed E-state index contributed by atoms with van der Waals surface area (Å²) in [7, 11) is -2.43. The second kappa shape index (κ2) is 6.13. The number of carbonyl (C=O) groups excluding carboxylic acids is 1. The number of ether oxygens (including phenoxy) is 1.